The van der Waals surface area contributed by atoms with Crippen LogP contribution in [0.2, 0.25) is 5.02 Å². The molecule has 0 amide bonds. The average Bonchev–Trinajstić information content (AvgIpc) is 2.66. The van der Waals surface area contributed by atoms with Crippen molar-refractivity contribution in [3.63, 3.8) is 0 Å². The van der Waals surface area contributed by atoms with Gasteiger partial charge in [0.15, 0.2) is 0 Å². The lowest BCUT2D eigenvalue weighted by Gasteiger charge is -2.13. The lowest BCUT2D eigenvalue weighted by atomic mass is 10.2. The Kier molecular flexibility index (Phi) is 6.78. The molecule has 1 heterocycles. The first-order chi connectivity index (χ1) is 13.8. The molecule has 0 aliphatic carbocycles. The molecule has 0 saturated heterocycles. The summed E-state index contributed by atoms with van der Waals surface area (Å²) in [7, 11) is 0. The molecule has 5 nitrogen and oxygen atoms in total. The smallest absolute Gasteiger partial charge is 0.282 e. The number of rotatable bonds is 5. The number of hydrogen-bond donors (Lipinski definition) is 0. The molecule has 0 aliphatic heterocycles. The summed E-state index contributed by atoms with van der Waals surface area (Å²) >= 11 is 13.0. The first-order valence-electron chi connectivity index (χ1n) is 8.63. The van der Waals surface area contributed by atoms with Gasteiger partial charge < -0.3 is 4.74 Å². The number of aromatic nitrogens is 2. The largest absolute Gasteiger partial charge is 0.479 e. The second-order valence-corrected chi connectivity index (χ2v) is 8.65. The van der Waals surface area contributed by atoms with Crippen molar-refractivity contribution in [3.8, 4) is 18.1 Å². The highest BCUT2D eigenvalue weighted by atomic mass is 79.9. The minimum atomic E-state index is -0.261. The predicted octanol–water partition coefficient (Wildman–Crippen LogP) is 5.59. The fraction of sp³-hybridized carbons (Fsp3) is 0.190. The van der Waals surface area contributed by atoms with E-state index in [4.69, 9.17) is 22.8 Å². The van der Waals surface area contributed by atoms with Crippen LogP contribution in [-0.2, 0) is 0 Å². The Morgan fingerprint density at radius 2 is 2.10 bits per heavy atom. The van der Waals surface area contributed by atoms with Crippen molar-refractivity contribution < 1.29 is 4.74 Å². The van der Waals surface area contributed by atoms with Gasteiger partial charge in [0.05, 0.1) is 21.6 Å². The highest BCUT2D eigenvalue weighted by Crippen LogP contribution is 2.32. The molecular weight excluding hydrogens is 522 g/mol. The van der Waals surface area contributed by atoms with Gasteiger partial charge in [-0.05, 0) is 46.3 Å². The Morgan fingerprint density at radius 1 is 1.34 bits per heavy atom. The summed E-state index contributed by atoms with van der Waals surface area (Å²) in [5.41, 5.74) is 0.941. The van der Waals surface area contributed by atoms with Crippen LogP contribution in [0.4, 0.5) is 0 Å². The van der Waals surface area contributed by atoms with Gasteiger partial charge in [-0.1, -0.05) is 47.3 Å². The number of halogens is 3. The molecule has 0 spiro atoms. The quantitative estimate of drug-likeness (QED) is 0.315. The van der Waals surface area contributed by atoms with Gasteiger partial charge in [0.25, 0.3) is 5.56 Å². The van der Waals surface area contributed by atoms with Gasteiger partial charge >= 0.3 is 0 Å². The van der Waals surface area contributed by atoms with Gasteiger partial charge in [-0.15, -0.1) is 6.42 Å². The van der Waals surface area contributed by atoms with Crippen molar-refractivity contribution in [3.05, 3.63) is 66.0 Å². The Balaban J connectivity index is 2.19. The molecule has 2 aromatic carbocycles. The zero-order valence-electron chi connectivity index (χ0n) is 15.6. The summed E-state index contributed by atoms with van der Waals surface area (Å²) in [6.45, 7) is 4.00. The lowest BCUT2D eigenvalue weighted by molar-refractivity contribution is 0.367. The summed E-state index contributed by atoms with van der Waals surface area (Å²) < 4.78 is 8.35. The highest BCUT2D eigenvalue weighted by Gasteiger charge is 2.15. The van der Waals surface area contributed by atoms with E-state index >= 15 is 0 Å². The van der Waals surface area contributed by atoms with E-state index in [1.54, 1.807) is 24.3 Å². The molecule has 0 unspecified atom stereocenters. The Hall–Kier alpha value is -2.14. The van der Waals surface area contributed by atoms with E-state index in [0.29, 0.717) is 37.5 Å². The first-order valence-corrected chi connectivity index (χ1v) is 10.6. The number of benzene rings is 2. The van der Waals surface area contributed by atoms with Gasteiger partial charge in [0.2, 0.25) is 0 Å². The fourth-order valence-electron chi connectivity index (χ4n) is 2.71. The summed E-state index contributed by atoms with van der Waals surface area (Å²) in [6, 6.07) is 8.78. The molecule has 3 rings (SSSR count). The van der Waals surface area contributed by atoms with Gasteiger partial charge in [0, 0.05) is 21.0 Å². The van der Waals surface area contributed by atoms with Crippen LogP contribution in [0.25, 0.3) is 10.9 Å². The van der Waals surface area contributed by atoms with Crippen molar-refractivity contribution in [2.24, 2.45) is 5.10 Å². The molecule has 1 aromatic heterocycles. The van der Waals surface area contributed by atoms with Crippen LogP contribution in [0.1, 0.15) is 31.2 Å². The number of nitrogens with zero attached hydrogens (tertiary/aromatic N) is 3. The molecule has 148 valence electrons. The maximum absolute atomic E-state index is 13.1. The minimum absolute atomic E-state index is 0.0174. The molecule has 0 atom stereocenters. The summed E-state index contributed by atoms with van der Waals surface area (Å²) in [4.78, 5) is 17.7. The normalized spacial score (nSPS) is 11.3. The fourth-order valence-corrected chi connectivity index (χ4v) is 4.02. The van der Waals surface area contributed by atoms with Crippen LogP contribution < -0.4 is 10.3 Å². The van der Waals surface area contributed by atoms with Crippen molar-refractivity contribution in [2.45, 2.75) is 19.8 Å². The van der Waals surface area contributed by atoms with Crippen LogP contribution >= 0.6 is 43.5 Å². The van der Waals surface area contributed by atoms with Gasteiger partial charge in [-0.3, -0.25) is 4.79 Å². The van der Waals surface area contributed by atoms with E-state index in [1.807, 2.05) is 19.9 Å². The minimum Gasteiger partial charge on any atom is -0.479 e. The molecule has 8 heteroatoms. The van der Waals surface area contributed by atoms with E-state index in [-0.39, 0.29) is 18.1 Å². The second kappa shape index (κ2) is 9.12. The third-order valence-corrected chi connectivity index (χ3v) is 5.30. The Bertz CT molecular complexity index is 1210. The molecular formula is C21H16Br2ClN3O2. The molecule has 0 bridgehead atoms. The molecule has 0 radical (unpaired) electrons. The summed E-state index contributed by atoms with van der Waals surface area (Å²) in [6.07, 6.45) is 6.82. The SMILES string of the molecule is C#CCOc1c(Br)cc(Cl)cc1C=Nn1c(C(C)C)nc2ccc(Br)cc2c1=O. The topological polar surface area (TPSA) is 56.5 Å². The molecule has 0 aliphatic rings. The second-order valence-electron chi connectivity index (χ2n) is 6.45. The van der Waals surface area contributed by atoms with Gasteiger partial charge in [-0.25, -0.2) is 4.98 Å². The van der Waals surface area contributed by atoms with Crippen molar-refractivity contribution in [1.29, 1.82) is 0 Å². The zero-order valence-corrected chi connectivity index (χ0v) is 19.5. The third-order valence-electron chi connectivity index (χ3n) is 4.00. The van der Waals surface area contributed by atoms with Crippen molar-refractivity contribution in [1.82, 2.24) is 9.66 Å². The van der Waals surface area contributed by atoms with Crippen molar-refractivity contribution in [2.75, 3.05) is 6.61 Å². The Labute approximate surface area is 190 Å². The molecule has 3 aromatic rings. The van der Waals surface area contributed by atoms with Crippen LogP contribution in [0, 0.1) is 12.3 Å². The monoisotopic (exact) mass is 535 g/mol. The van der Waals surface area contributed by atoms with Gasteiger partial charge in [0.1, 0.15) is 18.2 Å². The molecule has 0 N–H and O–H groups in total. The van der Waals surface area contributed by atoms with Crippen LogP contribution in [0.15, 0.2) is 49.2 Å². The third kappa shape index (κ3) is 4.72. The zero-order chi connectivity index (χ0) is 21.1. The van der Waals surface area contributed by atoms with Crippen LogP contribution in [0.3, 0.4) is 0 Å². The number of ether oxygens (including phenoxy) is 1. The van der Waals surface area contributed by atoms with E-state index in [1.165, 1.54) is 10.9 Å². The van der Waals surface area contributed by atoms with E-state index in [2.05, 4.69) is 47.9 Å². The number of hydrogen-bond acceptors (Lipinski definition) is 4. The Morgan fingerprint density at radius 3 is 2.79 bits per heavy atom. The van der Waals surface area contributed by atoms with Gasteiger partial charge in [-0.2, -0.15) is 9.78 Å². The predicted molar refractivity (Wildman–Crippen MR) is 124 cm³/mol. The first kappa shape index (κ1) is 21.6. The molecule has 29 heavy (non-hydrogen) atoms. The maximum atomic E-state index is 13.1. The number of terminal acetylenes is 1. The molecule has 0 fully saturated rings. The van der Waals surface area contributed by atoms with E-state index in [0.717, 1.165) is 4.47 Å². The molecule has 0 saturated carbocycles. The summed E-state index contributed by atoms with van der Waals surface area (Å²) in [5, 5.41) is 5.38. The maximum Gasteiger partial charge on any atom is 0.282 e. The van der Waals surface area contributed by atoms with Crippen LogP contribution in [-0.4, -0.2) is 22.5 Å². The summed E-state index contributed by atoms with van der Waals surface area (Å²) in [5.74, 6) is 3.45. The standard InChI is InChI=1S/C21H16Br2ClN3O2/c1-4-7-29-19-13(8-15(24)10-17(19)23)11-25-27-20(12(2)3)26-18-6-5-14(22)9-16(18)21(27)28/h1,5-6,8-12H,7H2,2-3H3. The highest BCUT2D eigenvalue weighted by molar-refractivity contribution is 9.10. The van der Waals surface area contributed by atoms with Crippen molar-refractivity contribution >= 4 is 60.6 Å². The number of fused-ring (bicyclic) bond motifs is 1. The lowest BCUT2D eigenvalue weighted by Crippen LogP contribution is -2.23. The van der Waals surface area contributed by atoms with E-state index in [9.17, 15) is 4.79 Å². The van der Waals surface area contributed by atoms with Crippen LogP contribution in [0.5, 0.6) is 5.75 Å². The average molecular weight is 538 g/mol. The van der Waals surface area contributed by atoms with E-state index < -0.39 is 0 Å².